The Bertz CT molecular complexity index is 1760. The second-order valence-corrected chi connectivity index (χ2v) is 12.9. The fraction of sp³-hybridized carbons (Fsp3) is 0.371. The maximum Gasteiger partial charge on any atom is 0.280 e. The van der Waals surface area contributed by atoms with Gasteiger partial charge in [0.2, 0.25) is 10.0 Å². The molecule has 252 valence electrons. The van der Waals surface area contributed by atoms with Gasteiger partial charge in [0.05, 0.1) is 48.3 Å². The third-order valence-electron chi connectivity index (χ3n) is 7.45. The van der Waals surface area contributed by atoms with Gasteiger partial charge in [-0.2, -0.15) is 4.31 Å². The summed E-state index contributed by atoms with van der Waals surface area (Å²) in [5, 5.41) is 3.05. The average Bonchev–Trinajstić information content (AvgIpc) is 3.38. The van der Waals surface area contributed by atoms with Crippen LogP contribution in [0, 0.1) is 6.92 Å². The van der Waals surface area contributed by atoms with Crippen LogP contribution in [0.5, 0.6) is 11.5 Å². The molecule has 0 atom stereocenters. The number of unbranched alkanes of at least 4 members (excludes halogenated alkanes) is 2. The summed E-state index contributed by atoms with van der Waals surface area (Å²) < 4.78 is 45.0. The van der Waals surface area contributed by atoms with E-state index in [4.69, 9.17) is 19.9 Å². The number of anilines is 1. The highest BCUT2D eigenvalue weighted by molar-refractivity contribution is 7.89. The number of aryl methyl sites for hydroxylation is 1. The Balaban J connectivity index is 0.000000351. The SMILES string of the molecule is CCCCOc1ccccc1N.CCCCOc1ccccc1N=Cc1c(C)[nH]n(-c2ccc(S(=O)(=O)N3CCOCC3)cc2)c1=O. The van der Waals surface area contributed by atoms with Crippen molar-refractivity contribution in [2.24, 2.45) is 4.99 Å². The molecule has 5 rings (SSSR count). The van der Waals surface area contributed by atoms with E-state index in [0.29, 0.717) is 67.0 Å². The zero-order valence-electron chi connectivity index (χ0n) is 27.4. The molecule has 4 aromatic rings. The number of para-hydroxylation sites is 4. The Morgan fingerprint density at radius 2 is 1.49 bits per heavy atom. The standard InChI is InChI=1S/C25H30N4O5S.C10H15NO/c1-3-4-15-34-24-8-6-5-7-23(24)26-18-22-19(2)27-29(25(22)30)20-9-11-21(12-10-20)35(31,32)28-13-16-33-17-14-28;1-2-3-8-12-10-7-5-4-6-9(10)11/h5-12,18,27H,3-4,13-17H2,1-2H3;4-7H,2-3,8,11H2,1H3. The number of ether oxygens (including phenoxy) is 3. The van der Waals surface area contributed by atoms with Crippen molar-refractivity contribution in [2.45, 2.75) is 51.3 Å². The average molecular weight is 664 g/mol. The summed E-state index contributed by atoms with van der Waals surface area (Å²) in [4.78, 5) is 17.8. The van der Waals surface area contributed by atoms with E-state index >= 15 is 0 Å². The van der Waals surface area contributed by atoms with E-state index in [9.17, 15) is 13.2 Å². The van der Waals surface area contributed by atoms with Gasteiger partial charge in [0, 0.05) is 25.0 Å². The molecule has 0 amide bonds. The number of morpholine rings is 1. The molecule has 2 heterocycles. The highest BCUT2D eigenvalue weighted by Gasteiger charge is 2.26. The number of aliphatic imine (C=N–C) groups is 1. The van der Waals surface area contributed by atoms with Crippen LogP contribution in [-0.4, -0.2) is 68.2 Å². The summed E-state index contributed by atoms with van der Waals surface area (Å²) in [5.41, 5.74) is 8.35. The number of aromatic amines is 1. The third-order valence-corrected chi connectivity index (χ3v) is 9.36. The number of hydrogen-bond donors (Lipinski definition) is 2. The Kier molecular flexibility index (Phi) is 13.2. The molecule has 1 aromatic heterocycles. The molecule has 0 bridgehead atoms. The largest absolute Gasteiger partial charge is 0.491 e. The number of rotatable bonds is 13. The first kappa shape index (κ1) is 35.5. The van der Waals surface area contributed by atoms with E-state index in [-0.39, 0.29) is 10.5 Å². The van der Waals surface area contributed by atoms with Crippen LogP contribution in [0.4, 0.5) is 11.4 Å². The van der Waals surface area contributed by atoms with Crippen LogP contribution in [0.2, 0.25) is 0 Å². The van der Waals surface area contributed by atoms with E-state index in [1.54, 1.807) is 19.1 Å². The summed E-state index contributed by atoms with van der Waals surface area (Å²) in [7, 11) is -3.60. The van der Waals surface area contributed by atoms with Crippen molar-refractivity contribution in [1.82, 2.24) is 14.1 Å². The van der Waals surface area contributed by atoms with E-state index in [0.717, 1.165) is 38.0 Å². The van der Waals surface area contributed by atoms with Crippen molar-refractivity contribution >= 4 is 27.6 Å². The van der Waals surface area contributed by atoms with Crippen LogP contribution < -0.4 is 20.8 Å². The van der Waals surface area contributed by atoms with Crippen LogP contribution in [0.15, 0.2) is 87.5 Å². The molecule has 1 aliphatic rings. The first-order valence-electron chi connectivity index (χ1n) is 16.0. The van der Waals surface area contributed by atoms with Gasteiger partial charge >= 0.3 is 0 Å². The third kappa shape index (κ3) is 9.57. The summed E-state index contributed by atoms with van der Waals surface area (Å²) in [6, 6.07) is 21.3. The number of nitrogens with two attached hydrogens (primary N) is 1. The van der Waals surface area contributed by atoms with Crippen molar-refractivity contribution in [2.75, 3.05) is 45.3 Å². The predicted octanol–water partition coefficient (Wildman–Crippen LogP) is 5.87. The number of nitrogens with zero attached hydrogens (tertiary/aromatic N) is 3. The second kappa shape index (κ2) is 17.5. The molecule has 3 aromatic carbocycles. The van der Waals surface area contributed by atoms with Crippen molar-refractivity contribution in [3.05, 3.63) is 94.4 Å². The lowest BCUT2D eigenvalue weighted by Gasteiger charge is -2.26. The van der Waals surface area contributed by atoms with Gasteiger partial charge in [-0.3, -0.25) is 14.9 Å². The maximum absolute atomic E-state index is 13.1. The molecule has 1 fully saturated rings. The number of nitrogen functional groups attached to an aromatic ring is 1. The van der Waals surface area contributed by atoms with Gasteiger partial charge in [-0.1, -0.05) is 51.0 Å². The van der Waals surface area contributed by atoms with Crippen LogP contribution in [0.25, 0.3) is 5.69 Å². The first-order valence-corrected chi connectivity index (χ1v) is 17.4. The minimum absolute atomic E-state index is 0.181. The summed E-state index contributed by atoms with van der Waals surface area (Å²) in [5.74, 6) is 1.47. The molecule has 1 saturated heterocycles. The van der Waals surface area contributed by atoms with Crippen molar-refractivity contribution in [3.63, 3.8) is 0 Å². The van der Waals surface area contributed by atoms with Gasteiger partial charge in [0.25, 0.3) is 5.56 Å². The number of aromatic nitrogens is 2. The van der Waals surface area contributed by atoms with Gasteiger partial charge in [0.1, 0.15) is 17.2 Å². The van der Waals surface area contributed by atoms with Gasteiger partial charge in [-0.15, -0.1) is 0 Å². The number of sulfonamides is 1. The fourth-order valence-corrected chi connectivity index (χ4v) is 6.09. The Morgan fingerprint density at radius 1 is 0.894 bits per heavy atom. The lowest BCUT2D eigenvalue weighted by atomic mass is 10.2. The molecule has 47 heavy (non-hydrogen) atoms. The minimum Gasteiger partial charge on any atom is -0.491 e. The highest BCUT2D eigenvalue weighted by atomic mass is 32.2. The molecule has 3 N–H and O–H groups in total. The van der Waals surface area contributed by atoms with Gasteiger partial charge < -0.3 is 19.9 Å². The monoisotopic (exact) mass is 663 g/mol. The first-order chi connectivity index (χ1) is 22.8. The molecule has 0 radical (unpaired) electrons. The van der Waals surface area contributed by atoms with Crippen molar-refractivity contribution < 1.29 is 22.6 Å². The molecule has 1 aliphatic heterocycles. The zero-order valence-corrected chi connectivity index (χ0v) is 28.2. The molecule has 0 saturated carbocycles. The van der Waals surface area contributed by atoms with Crippen LogP contribution in [0.3, 0.4) is 0 Å². The topological polar surface area (TPSA) is 141 Å². The Labute approximate surface area is 277 Å². The summed E-state index contributed by atoms with van der Waals surface area (Å²) >= 11 is 0. The van der Waals surface area contributed by atoms with E-state index in [2.05, 4.69) is 23.9 Å². The molecular weight excluding hydrogens is 618 g/mol. The van der Waals surface area contributed by atoms with Crippen LogP contribution in [0.1, 0.15) is 50.8 Å². The molecule has 0 aliphatic carbocycles. The molecule has 0 spiro atoms. The molecule has 0 unspecified atom stereocenters. The minimum atomic E-state index is -3.60. The van der Waals surface area contributed by atoms with Gasteiger partial charge in [-0.25, -0.2) is 13.1 Å². The smallest absolute Gasteiger partial charge is 0.280 e. The Morgan fingerprint density at radius 3 is 2.13 bits per heavy atom. The quantitative estimate of drug-likeness (QED) is 0.104. The fourth-order valence-electron chi connectivity index (χ4n) is 4.68. The summed E-state index contributed by atoms with van der Waals surface area (Å²) in [6.45, 7) is 8.81. The van der Waals surface area contributed by atoms with Crippen LogP contribution in [-0.2, 0) is 14.8 Å². The van der Waals surface area contributed by atoms with E-state index in [1.807, 2.05) is 48.5 Å². The molecule has 11 nitrogen and oxygen atoms in total. The summed E-state index contributed by atoms with van der Waals surface area (Å²) in [6.07, 6.45) is 5.74. The number of nitrogens with one attached hydrogen (secondary N) is 1. The van der Waals surface area contributed by atoms with Crippen molar-refractivity contribution in [3.8, 4) is 17.2 Å². The highest BCUT2D eigenvalue weighted by Crippen LogP contribution is 2.27. The molecular formula is C35H45N5O6S. The molecule has 12 heteroatoms. The number of benzene rings is 3. The zero-order chi connectivity index (χ0) is 33.6. The van der Waals surface area contributed by atoms with Gasteiger partial charge in [-0.05, 0) is 68.3 Å². The number of hydrogen-bond acceptors (Lipinski definition) is 8. The maximum atomic E-state index is 13.1. The number of H-pyrrole nitrogens is 1. The predicted molar refractivity (Wildman–Crippen MR) is 186 cm³/mol. The Hall–Kier alpha value is -4.39. The van der Waals surface area contributed by atoms with Crippen LogP contribution >= 0.6 is 0 Å². The second-order valence-electron chi connectivity index (χ2n) is 11.0. The van der Waals surface area contributed by atoms with E-state index in [1.165, 1.54) is 27.3 Å². The lowest BCUT2D eigenvalue weighted by molar-refractivity contribution is 0.0730. The van der Waals surface area contributed by atoms with Crippen molar-refractivity contribution in [1.29, 1.82) is 0 Å². The van der Waals surface area contributed by atoms with E-state index < -0.39 is 10.0 Å². The normalized spacial score (nSPS) is 13.7. The van der Waals surface area contributed by atoms with Gasteiger partial charge in [0.15, 0.2) is 0 Å². The lowest BCUT2D eigenvalue weighted by Crippen LogP contribution is -2.40.